The molecule has 0 aromatic carbocycles. The second-order valence-corrected chi connectivity index (χ2v) is 8.74. The fraction of sp³-hybridized carbons (Fsp3) is 1.00. The van der Waals surface area contributed by atoms with Gasteiger partial charge in [0.2, 0.25) is 0 Å². The summed E-state index contributed by atoms with van der Waals surface area (Å²) in [5.74, 6) is 0.913. The fourth-order valence-electron chi connectivity index (χ4n) is 3.33. The third-order valence-corrected chi connectivity index (χ3v) is 4.91. The van der Waals surface area contributed by atoms with Crippen molar-refractivity contribution in [2.24, 2.45) is 16.7 Å². The highest BCUT2D eigenvalue weighted by Gasteiger charge is 2.31. The van der Waals surface area contributed by atoms with E-state index in [9.17, 15) is 0 Å². The summed E-state index contributed by atoms with van der Waals surface area (Å²) >= 11 is 0. The van der Waals surface area contributed by atoms with E-state index < -0.39 is 0 Å². The summed E-state index contributed by atoms with van der Waals surface area (Å²) in [5, 5.41) is 3.69. The van der Waals surface area contributed by atoms with Crippen molar-refractivity contribution in [1.29, 1.82) is 0 Å². The van der Waals surface area contributed by atoms with Crippen LogP contribution in [0, 0.1) is 16.7 Å². The van der Waals surface area contributed by atoms with E-state index in [2.05, 4.69) is 44.8 Å². The molecule has 0 spiro atoms. The van der Waals surface area contributed by atoms with Gasteiger partial charge in [-0.3, -0.25) is 0 Å². The van der Waals surface area contributed by atoms with Crippen molar-refractivity contribution in [2.75, 3.05) is 26.2 Å². The minimum atomic E-state index is 0.414. The standard InChI is InChI=1S/C17H34N2/c1-16(2,3)14-8-10-19(11-9-14)13-17(4,5)12-18-15-6-7-15/h14-15,18H,6-13H2,1-5H3. The SMILES string of the molecule is CC(C)(CNC1CC1)CN1CCC(C(C)(C)C)CC1. The first-order chi connectivity index (χ1) is 8.76. The lowest BCUT2D eigenvalue weighted by atomic mass is 9.75. The molecular formula is C17H34N2. The molecule has 0 aromatic heterocycles. The Kier molecular flexibility index (Phi) is 4.62. The summed E-state index contributed by atoms with van der Waals surface area (Å²) in [6, 6.07) is 0.839. The van der Waals surface area contributed by atoms with Crippen LogP contribution in [0.3, 0.4) is 0 Å². The number of nitrogens with zero attached hydrogens (tertiary/aromatic N) is 1. The van der Waals surface area contributed by atoms with Gasteiger partial charge in [-0.1, -0.05) is 34.6 Å². The van der Waals surface area contributed by atoms with Gasteiger partial charge in [-0.05, 0) is 55.5 Å². The molecule has 2 aliphatic rings. The highest BCUT2D eigenvalue weighted by atomic mass is 15.1. The minimum absolute atomic E-state index is 0.414. The fourth-order valence-corrected chi connectivity index (χ4v) is 3.33. The van der Waals surface area contributed by atoms with Gasteiger partial charge in [-0.2, -0.15) is 0 Å². The average Bonchev–Trinajstić information content (AvgIpc) is 3.09. The van der Waals surface area contributed by atoms with Crippen LogP contribution in [0.2, 0.25) is 0 Å². The van der Waals surface area contributed by atoms with Crippen LogP contribution < -0.4 is 5.32 Å². The van der Waals surface area contributed by atoms with Crippen LogP contribution in [0.25, 0.3) is 0 Å². The van der Waals surface area contributed by atoms with Gasteiger partial charge in [-0.25, -0.2) is 0 Å². The predicted molar refractivity (Wildman–Crippen MR) is 83.4 cm³/mol. The molecule has 2 fully saturated rings. The molecule has 2 heteroatoms. The molecule has 1 N–H and O–H groups in total. The predicted octanol–water partition coefficient (Wildman–Crippen LogP) is 3.52. The lowest BCUT2D eigenvalue weighted by molar-refractivity contribution is 0.0841. The molecule has 0 unspecified atom stereocenters. The Labute approximate surface area is 120 Å². The van der Waals surface area contributed by atoms with E-state index >= 15 is 0 Å². The highest BCUT2D eigenvalue weighted by molar-refractivity contribution is 4.87. The molecule has 2 nitrogen and oxygen atoms in total. The van der Waals surface area contributed by atoms with Crippen molar-refractivity contribution in [3.63, 3.8) is 0 Å². The topological polar surface area (TPSA) is 15.3 Å². The van der Waals surface area contributed by atoms with Crippen LogP contribution in [-0.4, -0.2) is 37.1 Å². The maximum absolute atomic E-state index is 3.69. The Morgan fingerprint density at radius 3 is 2.00 bits per heavy atom. The maximum atomic E-state index is 3.69. The number of likely N-dealkylation sites (tertiary alicyclic amines) is 1. The molecule has 0 radical (unpaired) electrons. The van der Waals surface area contributed by atoms with Crippen LogP contribution >= 0.6 is 0 Å². The molecule has 0 bridgehead atoms. The third-order valence-electron chi connectivity index (χ3n) is 4.91. The van der Waals surface area contributed by atoms with E-state index in [1.165, 1.54) is 51.9 Å². The van der Waals surface area contributed by atoms with Crippen molar-refractivity contribution in [3.05, 3.63) is 0 Å². The van der Waals surface area contributed by atoms with E-state index in [4.69, 9.17) is 0 Å². The normalized spacial score (nSPS) is 23.8. The summed E-state index contributed by atoms with van der Waals surface area (Å²) in [6.45, 7) is 17.1. The molecular weight excluding hydrogens is 232 g/mol. The Balaban J connectivity index is 1.71. The van der Waals surface area contributed by atoms with Crippen LogP contribution in [0.4, 0.5) is 0 Å². The lowest BCUT2D eigenvalue weighted by Crippen LogP contribution is -2.45. The van der Waals surface area contributed by atoms with Crippen LogP contribution in [0.1, 0.15) is 60.3 Å². The van der Waals surface area contributed by atoms with E-state index in [1.54, 1.807) is 0 Å². The van der Waals surface area contributed by atoms with Gasteiger partial charge < -0.3 is 10.2 Å². The Bertz CT molecular complexity index is 278. The van der Waals surface area contributed by atoms with Crippen LogP contribution in [0.15, 0.2) is 0 Å². The first-order valence-electron chi connectivity index (χ1n) is 8.22. The van der Waals surface area contributed by atoms with Crippen molar-refractivity contribution in [1.82, 2.24) is 10.2 Å². The van der Waals surface area contributed by atoms with Crippen LogP contribution in [-0.2, 0) is 0 Å². The minimum Gasteiger partial charge on any atom is -0.313 e. The van der Waals surface area contributed by atoms with E-state index in [0.717, 1.165) is 12.0 Å². The molecule has 0 aromatic rings. The van der Waals surface area contributed by atoms with Gasteiger partial charge in [0.05, 0.1) is 0 Å². The van der Waals surface area contributed by atoms with Gasteiger partial charge in [0, 0.05) is 19.1 Å². The molecule has 1 saturated heterocycles. The summed E-state index contributed by atoms with van der Waals surface area (Å²) in [7, 11) is 0. The van der Waals surface area contributed by atoms with Crippen molar-refractivity contribution in [2.45, 2.75) is 66.3 Å². The molecule has 0 amide bonds. The quantitative estimate of drug-likeness (QED) is 0.819. The van der Waals surface area contributed by atoms with Gasteiger partial charge in [-0.15, -0.1) is 0 Å². The molecule has 19 heavy (non-hydrogen) atoms. The number of piperidine rings is 1. The van der Waals surface area contributed by atoms with Gasteiger partial charge in [0.1, 0.15) is 0 Å². The summed E-state index contributed by atoms with van der Waals surface area (Å²) in [6.07, 6.45) is 5.56. The number of hydrogen-bond acceptors (Lipinski definition) is 2. The van der Waals surface area contributed by atoms with Crippen molar-refractivity contribution >= 4 is 0 Å². The van der Waals surface area contributed by atoms with E-state index in [1.807, 2.05) is 0 Å². The monoisotopic (exact) mass is 266 g/mol. The second kappa shape index (κ2) is 5.73. The van der Waals surface area contributed by atoms with E-state index in [0.29, 0.717) is 10.8 Å². The molecule has 1 heterocycles. The second-order valence-electron chi connectivity index (χ2n) is 8.74. The summed E-state index contributed by atoms with van der Waals surface area (Å²) < 4.78 is 0. The zero-order valence-electron chi connectivity index (χ0n) is 13.8. The van der Waals surface area contributed by atoms with Crippen molar-refractivity contribution in [3.8, 4) is 0 Å². The largest absolute Gasteiger partial charge is 0.313 e. The first-order valence-corrected chi connectivity index (χ1v) is 8.22. The zero-order chi connectivity index (χ0) is 14.1. The molecule has 112 valence electrons. The van der Waals surface area contributed by atoms with Crippen LogP contribution in [0.5, 0.6) is 0 Å². The molecule has 0 atom stereocenters. The summed E-state index contributed by atoms with van der Waals surface area (Å²) in [4.78, 5) is 2.69. The lowest BCUT2D eigenvalue weighted by Gasteiger charge is -2.41. The maximum Gasteiger partial charge on any atom is 0.00684 e. The number of rotatable bonds is 5. The van der Waals surface area contributed by atoms with Gasteiger partial charge >= 0.3 is 0 Å². The Morgan fingerprint density at radius 1 is 0.947 bits per heavy atom. The van der Waals surface area contributed by atoms with E-state index in [-0.39, 0.29) is 0 Å². The Hall–Kier alpha value is -0.0800. The van der Waals surface area contributed by atoms with Gasteiger partial charge in [0.15, 0.2) is 0 Å². The smallest absolute Gasteiger partial charge is 0.00684 e. The summed E-state index contributed by atoms with van der Waals surface area (Å²) in [5.41, 5.74) is 0.909. The molecule has 1 aliphatic heterocycles. The molecule has 1 saturated carbocycles. The number of nitrogens with one attached hydrogen (secondary N) is 1. The average molecular weight is 266 g/mol. The zero-order valence-corrected chi connectivity index (χ0v) is 13.8. The van der Waals surface area contributed by atoms with Crippen molar-refractivity contribution < 1.29 is 0 Å². The first kappa shape index (κ1) is 15.3. The molecule has 1 aliphatic carbocycles. The third kappa shape index (κ3) is 5.07. The Morgan fingerprint density at radius 2 is 1.53 bits per heavy atom. The number of hydrogen-bond donors (Lipinski definition) is 1. The van der Waals surface area contributed by atoms with Gasteiger partial charge in [0.25, 0.3) is 0 Å². The molecule has 2 rings (SSSR count). The highest BCUT2D eigenvalue weighted by Crippen LogP contribution is 2.35.